The van der Waals surface area contributed by atoms with E-state index in [4.69, 9.17) is 32.7 Å². The van der Waals surface area contributed by atoms with E-state index in [0.29, 0.717) is 28.5 Å². The maximum Gasteiger partial charge on any atom is 0.328 e. The summed E-state index contributed by atoms with van der Waals surface area (Å²) in [6, 6.07) is 15.9. The molecule has 1 aliphatic rings. The molecule has 1 saturated heterocycles. The third kappa shape index (κ3) is 6.02. The van der Waals surface area contributed by atoms with Gasteiger partial charge in [0.1, 0.15) is 18.2 Å². The van der Waals surface area contributed by atoms with Gasteiger partial charge in [0.2, 0.25) is 0 Å². The minimum Gasteiger partial charge on any atom is -0.464 e. The number of hydrogen-bond acceptors (Lipinski definition) is 6. The van der Waals surface area contributed by atoms with E-state index >= 15 is 0 Å². The summed E-state index contributed by atoms with van der Waals surface area (Å²) in [6.07, 6.45) is 0.769. The van der Waals surface area contributed by atoms with Crippen LogP contribution in [0.25, 0.3) is 0 Å². The molecule has 0 aliphatic carbocycles. The molecule has 3 aromatic rings. The van der Waals surface area contributed by atoms with Crippen LogP contribution in [0.1, 0.15) is 61.6 Å². The molecule has 0 unspecified atom stereocenters. The molecule has 1 fully saturated rings. The van der Waals surface area contributed by atoms with E-state index < -0.39 is 42.3 Å². The lowest BCUT2D eigenvalue weighted by Gasteiger charge is -2.48. The Labute approximate surface area is 232 Å². The monoisotopic (exact) mass is 556 g/mol. The summed E-state index contributed by atoms with van der Waals surface area (Å²) in [4.78, 5) is 33.0. The number of benzene rings is 2. The minimum atomic E-state index is -1.29. The van der Waals surface area contributed by atoms with E-state index in [9.17, 15) is 14.7 Å². The maximum atomic E-state index is 14.2. The van der Waals surface area contributed by atoms with Gasteiger partial charge in [0.25, 0.3) is 5.91 Å². The van der Waals surface area contributed by atoms with Gasteiger partial charge in [-0.25, -0.2) is 4.79 Å². The third-order valence-electron chi connectivity index (χ3n) is 6.58. The molecule has 1 aromatic heterocycles. The lowest BCUT2D eigenvalue weighted by molar-refractivity contribution is -0.198. The third-order valence-corrected chi connectivity index (χ3v) is 7.08. The van der Waals surface area contributed by atoms with E-state index in [2.05, 4.69) is 4.98 Å². The Morgan fingerprint density at radius 3 is 2.13 bits per heavy atom. The zero-order valence-electron chi connectivity index (χ0n) is 21.2. The van der Waals surface area contributed by atoms with Crippen LogP contribution in [0.5, 0.6) is 0 Å². The van der Waals surface area contributed by atoms with Crippen LogP contribution >= 0.6 is 23.2 Å². The molecule has 5 atom stereocenters. The second kappa shape index (κ2) is 12.7. The molecule has 1 amide bonds. The Morgan fingerprint density at radius 1 is 1.00 bits per heavy atom. The lowest BCUT2D eigenvalue weighted by Crippen LogP contribution is -2.58. The number of aromatic nitrogens is 1. The summed E-state index contributed by atoms with van der Waals surface area (Å²) < 4.78 is 11.9. The van der Waals surface area contributed by atoms with E-state index in [-0.39, 0.29) is 6.61 Å². The number of pyridine rings is 1. The topological polar surface area (TPSA) is 89.0 Å². The molecule has 2 aromatic carbocycles. The lowest BCUT2D eigenvalue weighted by atomic mass is 9.88. The predicted molar refractivity (Wildman–Crippen MR) is 145 cm³/mol. The van der Waals surface area contributed by atoms with Crippen molar-refractivity contribution >= 4 is 35.1 Å². The molecule has 38 heavy (non-hydrogen) atoms. The Bertz CT molecular complexity index is 1220. The van der Waals surface area contributed by atoms with E-state index in [0.717, 1.165) is 11.1 Å². The van der Waals surface area contributed by atoms with E-state index in [1.807, 2.05) is 31.2 Å². The van der Waals surface area contributed by atoms with Crippen molar-refractivity contribution in [3.8, 4) is 0 Å². The first kappa shape index (κ1) is 28.0. The van der Waals surface area contributed by atoms with Crippen molar-refractivity contribution in [1.82, 2.24) is 9.88 Å². The normalized spacial score (nSPS) is 21.1. The molecular formula is C29H30Cl2N2O5. The Balaban J connectivity index is 1.90. The number of ether oxygens (including phenoxy) is 2. The standard InChI is InChI=1S/C29H30Cl2N2O5/c1-3-5-23(29(36)37-4-2)33-24(18-6-10-21(30)11-7-18)26(20-8-12-22(31)13-9-20)38-27(28(33)35)25(34)19-14-16-32-17-15-19/h6-17,23-27,34H,3-5H2,1-2H3/t23-,24-,25-,26+,27+/m0/s1. The fraction of sp³-hybridized carbons (Fsp3) is 0.345. The van der Waals surface area contributed by atoms with Crippen LogP contribution in [0.3, 0.4) is 0 Å². The summed E-state index contributed by atoms with van der Waals surface area (Å²) in [5.41, 5.74) is 1.93. The van der Waals surface area contributed by atoms with Crippen molar-refractivity contribution < 1.29 is 24.2 Å². The van der Waals surface area contributed by atoms with Crippen LogP contribution in [0.4, 0.5) is 0 Å². The van der Waals surface area contributed by atoms with Gasteiger partial charge in [0.05, 0.1) is 12.6 Å². The summed E-state index contributed by atoms with van der Waals surface area (Å²) in [7, 11) is 0. The van der Waals surface area contributed by atoms with Crippen LogP contribution < -0.4 is 0 Å². The summed E-state index contributed by atoms with van der Waals surface area (Å²) >= 11 is 12.4. The van der Waals surface area contributed by atoms with Crippen molar-refractivity contribution in [3.05, 3.63) is 99.8 Å². The second-order valence-electron chi connectivity index (χ2n) is 9.05. The number of rotatable bonds is 9. The molecule has 0 bridgehead atoms. The highest BCUT2D eigenvalue weighted by Gasteiger charge is 2.50. The first-order valence-electron chi connectivity index (χ1n) is 12.6. The van der Waals surface area contributed by atoms with Crippen LogP contribution in [0.2, 0.25) is 10.0 Å². The Hall–Kier alpha value is -2.97. The molecule has 7 nitrogen and oxygen atoms in total. The molecular weight excluding hydrogens is 527 g/mol. The molecule has 4 rings (SSSR count). The fourth-order valence-corrected chi connectivity index (χ4v) is 5.06. The number of halogens is 2. The average Bonchev–Trinajstić information content (AvgIpc) is 2.93. The van der Waals surface area contributed by atoms with Gasteiger partial charge in [0, 0.05) is 22.4 Å². The first-order valence-corrected chi connectivity index (χ1v) is 13.3. The molecule has 1 N–H and O–H groups in total. The van der Waals surface area contributed by atoms with Crippen LogP contribution in [-0.2, 0) is 19.1 Å². The van der Waals surface area contributed by atoms with Gasteiger partial charge in [0.15, 0.2) is 6.10 Å². The number of aliphatic hydroxyl groups is 1. The van der Waals surface area contributed by atoms with Gasteiger partial charge in [-0.3, -0.25) is 9.78 Å². The summed E-state index contributed by atoms with van der Waals surface area (Å²) in [5, 5.41) is 12.4. The zero-order valence-corrected chi connectivity index (χ0v) is 22.7. The zero-order chi connectivity index (χ0) is 27.2. The molecule has 2 heterocycles. The molecule has 0 radical (unpaired) electrons. The number of carbonyl (C=O) groups excluding carboxylic acids is 2. The quantitative estimate of drug-likeness (QED) is 0.332. The number of amides is 1. The van der Waals surface area contributed by atoms with Crippen molar-refractivity contribution in [1.29, 1.82) is 0 Å². The molecule has 9 heteroatoms. The highest BCUT2D eigenvalue weighted by molar-refractivity contribution is 6.30. The number of morpholine rings is 1. The number of aliphatic hydroxyl groups excluding tert-OH is 1. The van der Waals surface area contributed by atoms with Gasteiger partial charge in [-0.1, -0.05) is 60.8 Å². The highest BCUT2D eigenvalue weighted by atomic mass is 35.5. The second-order valence-corrected chi connectivity index (χ2v) is 9.93. The van der Waals surface area contributed by atoms with Gasteiger partial charge in [-0.05, 0) is 66.4 Å². The number of esters is 1. The van der Waals surface area contributed by atoms with E-state index in [1.165, 1.54) is 17.3 Å². The van der Waals surface area contributed by atoms with E-state index in [1.54, 1.807) is 43.3 Å². The number of nitrogens with zero attached hydrogens (tertiary/aromatic N) is 2. The summed E-state index contributed by atoms with van der Waals surface area (Å²) in [6.45, 7) is 3.84. The smallest absolute Gasteiger partial charge is 0.328 e. The van der Waals surface area contributed by atoms with Crippen molar-refractivity contribution in [3.63, 3.8) is 0 Å². The van der Waals surface area contributed by atoms with Gasteiger partial charge in [-0.15, -0.1) is 0 Å². The first-order chi connectivity index (χ1) is 18.3. The molecule has 0 saturated carbocycles. The number of carbonyl (C=O) groups is 2. The Morgan fingerprint density at radius 2 is 1.58 bits per heavy atom. The van der Waals surface area contributed by atoms with Crippen molar-refractivity contribution in [2.75, 3.05) is 6.61 Å². The van der Waals surface area contributed by atoms with Crippen molar-refractivity contribution in [2.24, 2.45) is 0 Å². The van der Waals surface area contributed by atoms with Gasteiger partial charge in [-0.2, -0.15) is 0 Å². The SMILES string of the molecule is CCC[C@@H](C(=O)OCC)N1C(=O)[C@@H]([C@@H](O)c2ccncc2)O[C@H](c2ccc(Cl)cc2)[C@@H]1c1ccc(Cl)cc1. The Kier molecular flexibility index (Phi) is 9.39. The molecule has 0 spiro atoms. The number of hydrogen-bond donors (Lipinski definition) is 1. The molecule has 1 aliphatic heterocycles. The van der Waals surface area contributed by atoms with Gasteiger partial charge >= 0.3 is 5.97 Å². The largest absolute Gasteiger partial charge is 0.464 e. The van der Waals surface area contributed by atoms with Gasteiger partial charge < -0.3 is 19.5 Å². The van der Waals surface area contributed by atoms with Crippen LogP contribution in [0, 0.1) is 0 Å². The maximum absolute atomic E-state index is 14.2. The van der Waals surface area contributed by atoms with Crippen molar-refractivity contribution in [2.45, 2.75) is 57.1 Å². The fourth-order valence-electron chi connectivity index (χ4n) is 4.80. The summed E-state index contributed by atoms with van der Waals surface area (Å²) in [5.74, 6) is -1.01. The molecule has 200 valence electrons. The van der Waals surface area contributed by atoms with Crippen LogP contribution in [0.15, 0.2) is 73.1 Å². The average molecular weight is 557 g/mol. The van der Waals surface area contributed by atoms with Crippen LogP contribution in [-0.4, -0.2) is 45.6 Å². The minimum absolute atomic E-state index is 0.173. The predicted octanol–water partition coefficient (Wildman–Crippen LogP) is 5.86. The highest BCUT2D eigenvalue weighted by Crippen LogP contribution is 2.46.